The van der Waals surface area contributed by atoms with Gasteiger partial charge in [-0.1, -0.05) is 31.4 Å². The van der Waals surface area contributed by atoms with Crippen LogP contribution in [0.15, 0.2) is 11.1 Å². The lowest BCUT2D eigenvalue weighted by molar-refractivity contribution is 0.177. The predicted molar refractivity (Wildman–Crippen MR) is 68.0 cm³/mol. The smallest absolute Gasteiger partial charge is 0.156 e. The topological polar surface area (TPSA) is 35.0 Å². The van der Waals surface area contributed by atoms with E-state index in [1.165, 1.54) is 19.3 Å². The van der Waals surface area contributed by atoms with Crippen LogP contribution in [0.25, 0.3) is 0 Å². The maximum absolute atomic E-state index is 5.91. The van der Waals surface area contributed by atoms with Gasteiger partial charge in [0.2, 0.25) is 0 Å². The Hall–Kier alpha value is -0.320. The van der Waals surface area contributed by atoms with Crippen LogP contribution in [0, 0.1) is 0 Å². The molecule has 0 aromatic carbocycles. The first kappa shape index (κ1) is 13.7. The minimum absolute atomic E-state index is 0.406. The third-order valence-corrected chi connectivity index (χ3v) is 3.18. The Kier molecular flexibility index (Phi) is 6.76. The molecule has 5 heteroatoms. The Labute approximate surface area is 106 Å². The molecule has 1 aromatic heterocycles. The Morgan fingerprint density at radius 2 is 2.19 bits per heavy atom. The van der Waals surface area contributed by atoms with Gasteiger partial charge in [0.05, 0.1) is 0 Å². The van der Waals surface area contributed by atoms with Gasteiger partial charge in [-0.25, -0.2) is 9.97 Å². The fourth-order valence-corrected chi connectivity index (χ4v) is 2.43. The van der Waals surface area contributed by atoms with Gasteiger partial charge in [-0.2, -0.15) is 0 Å². The molecule has 90 valence electrons. The third kappa shape index (κ3) is 5.14. The zero-order valence-electron chi connectivity index (χ0n) is 9.70. The first-order chi connectivity index (χ1) is 7.76. The van der Waals surface area contributed by atoms with E-state index < -0.39 is 0 Å². The molecule has 1 aromatic rings. The van der Waals surface area contributed by atoms with Crippen molar-refractivity contribution >= 4 is 23.4 Å². The number of rotatable bonds is 7. The molecule has 0 fully saturated rings. The van der Waals surface area contributed by atoms with Gasteiger partial charge >= 0.3 is 0 Å². The monoisotopic (exact) mass is 260 g/mol. The van der Waals surface area contributed by atoms with E-state index >= 15 is 0 Å². The molecule has 0 amide bonds. The van der Waals surface area contributed by atoms with Crippen molar-refractivity contribution in [2.45, 2.75) is 37.8 Å². The van der Waals surface area contributed by atoms with Gasteiger partial charge in [0, 0.05) is 13.2 Å². The van der Waals surface area contributed by atoms with Crippen LogP contribution in [0.4, 0.5) is 0 Å². The molecule has 16 heavy (non-hydrogen) atoms. The highest BCUT2D eigenvalue weighted by Crippen LogP contribution is 2.20. The highest BCUT2D eigenvalue weighted by molar-refractivity contribution is 7.99. The molecule has 0 N–H and O–H groups in total. The average Bonchev–Trinajstić information content (AvgIpc) is 2.24. The Bertz CT molecular complexity index is 323. The highest BCUT2D eigenvalue weighted by Gasteiger charge is 2.03. The number of aromatic nitrogens is 2. The van der Waals surface area contributed by atoms with E-state index in [0.29, 0.717) is 17.6 Å². The van der Waals surface area contributed by atoms with Crippen molar-refractivity contribution in [1.29, 1.82) is 0 Å². The summed E-state index contributed by atoms with van der Waals surface area (Å²) in [4.78, 5) is 8.45. The maximum Gasteiger partial charge on any atom is 0.156 e. The van der Waals surface area contributed by atoms with Crippen LogP contribution >= 0.6 is 23.4 Å². The van der Waals surface area contributed by atoms with Crippen molar-refractivity contribution in [3.63, 3.8) is 0 Å². The second-order valence-corrected chi connectivity index (χ2v) is 4.94. The molecule has 3 nitrogen and oxygen atoms in total. The van der Waals surface area contributed by atoms with Crippen molar-refractivity contribution in [2.24, 2.45) is 0 Å². The van der Waals surface area contributed by atoms with Crippen LogP contribution in [0.5, 0.6) is 0 Å². The molecule has 0 aliphatic heterocycles. The molecule has 1 rings (SSSR count). The number of nitrogens with zero attached hydrogens (tertiary/aromatic N) is 2. The zero-order chi connectivity index (χ0) is 11.8. The molecule has 0 atom stereocenters. The zero-order valence-corrected chi connectivity index (χ0v) is 11.3. The summed E-state index contributed by atoms with van der Waals surface area (Å²) in [6.45, 7) is 2.60. The lowest BCUT2D eigenvalue weighted by Gasteiger charge is -2.04. The molecule has 0 saturated heterocycles. The summed E-state index contributed by atoms with van der Waals surface area (Å²) in [5.41, 5.74) is 0. The van der Waals surface area contributed by atoms with E-state index in [-0.39, 0.29) is 0 Å². The average molecular weight is 261 g/mol. The second kappa shape index (κ2) is 7.87. The number of unbranched alkanes of at least 4 members (excludes halogenated alkanes) is 2. The van der Waals surface area contributed by atoms with E-state index in [1.807, 2.05) is 0 Å². The van der Waals surface area contributed by atoms with Crippen LogP contribution < -0.4 is 0 Å². The van der Waals surface area contributed by atoms with E-state index in [2.05, 4.69) is 16.9 Å². The van der Waals surface area contributed by atoms with Crippen molar-refractivity contribution in [1.82, 2.24) is 9.97 Å². The number of methoxy groups -OCH3 is 1. The molecular weight excluding hydrogens is 244 g/mol. The first-order valence-corrected chi connectivity index (χ1v) is 6.77. The van der Waals surface area contributed by atoms with Gasteiger partial charge in [0.25, 0.3) is 0 Å². The standard InChI is InChI=1S/C11H17ClN2OS/c1-3-4-5-6-16-11-7-9(12)13-10(14-11)8-15-2/h7H,3-6,8H2,1-2H3. The van der Waals surface area contributed by atoms with Gasteiger partial charge in [-0.3, -0.25) is 0 Å². The Morgan fingerprint density at radius 3 is 2.88 bits per heavy atom. The van der Waals surface area contributed by atoms with Crippen molar-refractivity contribution in [2.75, 3.05) is 12.9 Å². The van der Waals surface area contributed by atoms with Gasteiger partial charge < -0.3 is 4.74 Å². The minimum Gasteiger partial charge on any atom is -0.377 e. The summed E-state index contributed by atoms with van der Waals surface area (Å²) in [5.74, 6) is 1.72. The summed E-state index contributed by atoms with van der Waals surface area (Å²) in [6.07, 6.45) is 3.71. The molecule has 0 aliphatic rings. The molecule has 0 unspecified atom stereocenters. The predicted octanol–water partition coefficient (Wildman–Crippen LogP) is 3.56. The van der Waals surface area contributed by atoms with Gasteiger partial charge in [-0.05, 0) is 12.2 Å². The summed E-state index contributed by atoms with van der Waals surface area (Å²) in [5, 5.41) is 1.42. The number of thioether (sulfide) groups is 1. The SMILES string of the molecule is CCCCCSc1cc(Cl)nc(COC)n1. The van der Waals surface area contributed by atoms with E-state index in [0.717, 1.165) is 10.8 Å². The number of ether oxygens (including phenoxy) is 1. The lowest BCUT2D eigenvalue weighted by Crippen LogP contribution is -1.98. The molecule has 0 spiro atoms. The molecular formula is C11H17ClN2OS. The van der Waals surface area contributed by atoms with Crippen LogP contribution in [0.1, 0.15) is 32.0 Å². The van der Waals surface area contributed by atoms with Crippen molar-refractivity contribution < 1.29 is 4.74 Å². The van der Waals surface area contributed by atoms with Crippen molar-refractivity contribution in [3.05, 3.63) is 17.0 Å². The van der Waals surface area contributed by atoms with Gasteiger partial charge in [0.1, 0.15) is 16.8 Å². The quantitative estimate of drug-likeness (QED) is 0.427. The van der Waals surface area contributed by atoms with E-state index in [9.17, 15) is 0 Å². The number of hydrogen-bond acceptors (Lipinski definition) is 4. The largest absolute Gasteiger partial charge is 0.377 e. The van der Waals surface area contributed by atoms with Crippen molar-refractivity contribution in [3.8, 4) is 0 Å². The van der Waals surface area contributed by atoms with Crippen LogP contribution in [-0.2, 0) is 11.3 Å². The van der Waals surface area contributed by atoms with Crippen LogP contribution in [0.3, 0.4) is 0 Å². The molecule has 0 radical (unpaired) electrons. The fraction of sp³-hybridized carbons (Fsp3) is 0.636. The molecule has 0 bridgehead atoms. The van der Waals surface area contributed by atoms with Crippen LogP contribution in [0.2, 0.25) is 5.15 Å². The molecule has 1 heterocycles. The third-order valence-electron chi connectivity index (χ3n) is 1.99. The van der Waals surface area contributed by atoms with Gasteiger partial charge in [0.15, 0.2) is 5.82 Å². The Balaban J connectivity index is 2.51. The number of hydrogen-bond donors (Lipinski definition) is 0. The highest BCUT2D eigenvalue weighted by atomic mass is 35.5. The maximum atomic E-state index is 5.91. The number of halogens is 1. The molecule has 0 saturated carbocycles. The van der Waals surface area contributed by atoms with Crippen LogP contribution in [-0.4, -0.2) is 22.8 Å². The summed E-state index contributed by atoms with van der Waals surface area (Å²) < 4.78 is 4.99. The fourth-order valence-electron chi connectivity index (χ4n) is 1.24. The van der Waals surface area contributed by atoms with Gasteiger partial charge in [-0.15, -0.1) is 11.8 Å². The first-order valence-electron chi connectivity index (χ1n) is 5.41. The summed E-state index contributed by atoms with van der Waals surface area (Å²) in [7, 11) is 1.62. The normalized spacial score (nSPS) is 10.7. The molecule has 0 aliphatic carbocycles. The Morgan fingerprint density at radius 1 is 1.38 bits per heavy atom. The summed E-state index contributed by atoms with van der Waals surface area (Å²) in [6, 6.07) is 1.80. The van der Waals surface area contributed by atoms with E-state index in [1.54, 1.807) is 24.9 Å². The lowest BCUT2D eigenvalue weighted by atomic mass is 10.3. The second-order valence-electron chi connectivity index (χ2n) is 3.43. The van der Waals surface area contributed by atoms with E-state index in [4.69, 9.17) is 16.3 Å². The minimum atomic E-state index is 0.406. The summed E-state index contributed by atoms with van der Waals surface area (Å²) >= 11 is 7.63.